The van der Waals surface area contributed by atoms with E-state index in [-0.39, 0.29) is 6.04 Å². The number of fused-ring (bicyclic) bond motifs is 1. The number of pyridine rings is 2. The zero-order valence-corrected chi connectivity index (χ0v) is 14.6. The molecule has 0 fully saturated rings. The second-order valence-electron chi connectivity index (χ2n) is 5.68. The lowest BCUT2D eigenvalue weighted by molar-refractivity contribution is 0.328. The minimum Gasteiger partial charge on any atom is -0.477 e. The highest BCUT2D eigenvalue weighted by atomic mass is 32.1. The van der Waals surface area contributed by atoms with Crippen molar-refractivity contribution in [2.24, 2.45) is 0 Å². The molecule has 3 aromatic heterocycles. The van der Waals surface area contributed by atoms with Crippen LogP contribution < -0.4 is 4.74 Å². The zero-order chi connectivity index (χ0) is 16.6. The predicted octanol–water partition coefficient (Wildman–Crippen LogP) is 4.44. The summed E-state index contributed by atoms with van der Waals surface area (Å²) in [5, 5.41) is 4.62. The van der Waals surface area contributed by atoms with Crippen LogP contribution in [0.5, 0.6) is 5.88 Å². The number of rotatable bonds is 4. The third kappa shape index (κ3) is 2.74. The number of nitrogens with zero attached hydrogens (tertiary/aromatic N) is 3. The van der Waals surface area contributed by atoms with Gasteiger partial charge >= 0.3 is 0 Å². The van der Waals surface area contributed by atoms with Gasteiger partial charge in [-0.05, 0) is 45.9 Å². The summed E-state index contributed by atoms with van der Waals surface area (Å²) in [6, 6.07) is 6.08. The van der Waals surface area contributed by atoms with E-state index >= 15 is 0 Å². The van der Waals surface area contributed by atoms with Crippen molar-refractivity contribution in [2.45, 2.75) is 33.7 Å². The molecule has 0 unspecified atom stereocenters. The van der Waals surface area contributed by atoms with Gasteiger partial charge in [-0.3, -0.25) is 4.68 Å². The van der Waals surface area contributed by atoms with Crippen molar-refractivity contribution >= 4 is 23.3 Å². The lowest BCUT2D eigenvalue weighted by atomic mass is 10.1. The minimum absolute atomic E-state index is 0.254. The maximum Gasteiger partial charge on any atom is 0.222 e. The minimum atomic E-state index is 0.254. The molecule has 0 aromatic carbocycles. The van der Waals surface area contributed by atoms with Crippen LogP contribution in [0.4, 0.5) is 0 Å². The second-order valence-corrected chi connectivity index (χ2v) is 6.12. The van der Waals surface area contributed by atoms with Crippen molar-refractivity contribution in [3.63, 3.8) is 0 Å². The fraction of sp³-hybridized carbons (Fsp3) is 0.353. The average Bonchev–Trinajstić information content (AvgIpc) is 2.86. The van der Waals surface area contributed by atoms with E-state index in [0.29, 0.717) is 12.5 Å². The van der Waals surface area contributed by atoms with Crippen LogP contribution in [0, 0.1) is 11.4 Å². The molecular weight excluding hydrogens is 308 g/mol. The van der Waals surface area contributed by atoms with Crippen molar-refractivity contribution in [3.8, 4) is 17.1 Å². The molecule has 3 heterocycles. The van der Waals surface area contributed by atoms with Crippen molar-refractivity contribution in [1.29, 1.82) is 0 Å². The molecule has 0 spiro atoms. The zero-order valence-electron chi connectivity index (χ0n) is 13.8. The van der Waals surface area contributed by atoms with Gasteiger partial charge in [-0.2, -0.15) is 5.10 Å². The van der Waals surface area contributed by atoms with Crippen LogP contribution in [-0.2, 0) is 0 Å². The Morgan fingerprint density at radius 2 is 2.17 bits per heavy atom. The van der Waals surface area contributed by atoms with Crippen molar-refractivity contribution in [2.75, 3.05) is 6.61 Å². The summed E-state index contributed by atoms with van der Waals surface area (Å²) in [6.07, 6.45) is 1.73. The molecule has 0 amide bonds. The van der Waals surface area contributed by atoms with Gasteiger partial charge in [-0.25, -0.2) is 4.98 Å². The highest BCUT2D eigenvalue weighted by Crippen LogP contribution is 2.30. The van der Waals surface area contributed by atoms with Gasteiger partial charge in [0.1, 0.15) is 5.52 Å². The smallest absolute Gasteiger partial charge is 0.222 e. The molecule has 0 atom stereocenters. The molecule has 23 heavy (non-hydrogen) atoms. The van der Waals surface area contributed by atoms with Crippen LogP contribution in [0.3, 0.4) is 0 Å². The first kappa shape index (κ1) is 15.7. The normalized spacial score (nSPS) is 11.3. The summed E-state index contributed by atoms with van der Waals surface area (Å²) in [5.74, 6) is 0.605. The first-order valence-electron chi connectivity index (χ1n) is 7.73. The largest absolute Gasteiger partial charge is 0.477 e. The molecule has 1 N–H and O–H groups in total. The van der Waals surface area contributed by atoms with E-state index in [4.69, 9.17) is 17.0 Å². The van der Waals surface area contributed by atoms with E-state index in [1.807, 2.05) is 36.7 Å². The second kappa shape index (κ2) is 6.12. The maximum atomic E-state index is 5.63. The van der Waals surface area contributed by atoms with Gasteiger partial charge in [0.15, 0.2) is 0 Å². The molecule has 6 heteroatoms. The standard InChI is InChI=1S/C17H20N4OS/c1-5-22-17-12(7-6-8-18-17)13-9-14(23)16-15(19-13)11(4)20-21(16)10(2)3/h6-10H,5H2,1-4H3,(H,19,23). The Hall–Kier alpha value is -2.21. The van der Waals surface area contributed by atoms with Crippen molar-refractivity contribution in [1.82, 2.24) is 19.7 Å². The van der Waals surface area contributed by atoms with Crippen LogP contribution >= 0.6 is 12.2 Å². The van der Waals surface area contributed by atoms with E-state index in [1.54, 1.807) is 6.20 Å². The van der Waals surface area contributed by atoms with E-state index in [2.05, 4.69) is 28.9 Å². The van der Waals surface area contributed by atoms with Gasteiger partial charge in [-0.15, -0.1) is 0 Å². The number of hydrogen-bond donors (Lipinski definition) is 1. The Kier molecular flexibility index (Phi) is 4.17. The number of nitrogens with one attached hydrogen (secondary N) is 1. The number of aromatic amines is 1. The van der Waals surface area contributed by atoms with Gasteiger partial charge in [0, 0.05) is 12.2 Å². The number of aromatic nitrogens is 4. The Balaban J connectivity index is 2.26. The van der Waals surface area contributed by atoms with Crippen molar-refractivity contribution < 1.29 is 4.74 Å². The molecule has 0 aliphatic rings. The number of ether oxygens (including phenoxy) is 1. The number of hydrogen-bond acceptors (Lipinski definition) is 4. The van der Waals surface area contributed by atoms with E-state index in [9.17, 15) is 0 Å². The lowest BCUT2D eigenvalue weighted by Crippen LogP contribution is -2.03. The molecule has 0 aliphatic carbocycles. The quantitative estimate of drug-likeness (QED) is 0.719. The Bertz CT molecular complexity index is 911. The molecule has 120 valence electrons. The summed E-state index contributed by atoms with van der Waals surface area (Å²) in [5.41, 5.74) is 4.67. The molecule has 0 aliphatic heterocycles. The molecule has 5 nitrogen and oxygen atoms in total. The van der Waals surface area contributed by atoms with E-state index < -0.39 is 0 Å². The maximum absolute atomic E-state index is 5.63. The lowest BCUT2D eigenvalue weighted by Gasteiger charge is -2.10. The molecule has 3 rings (SSSR count). The predicted molar refractivity (Wildman–Crippen MR) is 94.4 cm³/mol. The Labute approximate surface area is 140 Å². The topological polar surface area (TPSA) is 55.7 Å². The van der Waals surface area contributed by atoms with Gasteiger partial charge in [0.2, 0.25) is 5.88 Å². The van der Waals surface area contributed by atoms with Gasteiger partial charge < -0.3 is 9.72 Å². The Morgan fingerprint density at radius 3 is 2.87 bits per heavy atom. The molecule has 3 aromatic rings. The SMILES string of the molecule is CCOc1ncccc1-c1cc(=S)c2c([nH]1)c(C)nn2C(C)C. The summed E-state index contributed by atoms with van der Waals surface area (Å²) in [6.45, 7) is 8.70. The molecule has 0 saturated heterocycles. The summed E-state index contributed by atoms with van der Waals surface area (Å²) >= 11 is 5.63. The number of aryl methyl sites for hydroxylation is 1. The van der Waals surface area contributed by atoms with Crippen LogP contribution in [0.25, 0.3) is 22.3 Å². The van der Waals surface area contributed by atoms with Gasteiger partial charge in [0.25, 0.3) is 0 Å². The van der Waals surface area contributed by atoms with Crippen LogP contribution in [0.2, 0.25) is 0 Å². The number of H-pyrrole nitrogens is 1. The first-order valence-corrected chi connectivity index (χ1v) is 8.14. The Morgan fingerprint density at radius 1 is 1.39 bits per heavy atom. The van der Waals surface area contributed by atoms with Gasteiger partial charge in [-0.1, -0.05) is 12.2 Å². The third-order valence-electron chi connectivity index (χ3n) is 3.69. The average molecular weight is 328 g/mol. The van der Waals surface area contributed by atoms with Crippen molar-refractivity contribution in [3.05, 3.63) is 34.6 Å². The van der Waals surface area contributed by atoms with Gasteiger partial charge in [0.05, 0.1) is 33.6 Å². The summed E-state index contributed by atoms with van der Waals surface area (Å²) in [7, 11) is 0. The molecule has 0 radical (unpaired) electrons. The highest BCUT2D eigenvalue weighted by molar-refractivity contribution is 7.71. The molecule has 0 saturated carbocycles. The highest BCUT2D eigenvalue weighted by Gasteiger charge is 2.15. The van der Waals surface area contributed by atoms with E-state index in [1.165, 1.54) is 0 Å². The summed E-state index contributed by atoms with van der Waals surface area (Å²) in [4.78, 5) is 7.77. The van der Waals surface area contributed by atoms with Crippen LogP contribution in [0.1, 0.15) is 32.5 Å². The monoisotopic (exact) mass is 328 g/mol. The molecular formula is C17H20N4OS. The van der Waals surface area contributed by atoms with Crippen LogP contribution in [-0.4, -0.2) is 26.4 Å². The fourth-order valence-electron chi connectivity index (χ4n) is 2.67. The molecule has 0 bridgehead atoms. The van der Waals surface area contributed by atoms with E-state index in [0.717, 1.165) is 32.5 Å². The first-order chi connectivity index (χ1) is 11.0. The third-order valence-corrected chi connectivity index (χ3v) is 4.00. The van der Waals surface area contributed by atoms with Crippen LogP contribution in [0.15, 0.2) is 24.4 Å². The summed E-state index contributed by atoms with van der Waals surface area (Å²) < 4.78 is 8.38. The fourth-order valence-corrected chi connectivity index (χ4v) is 2.98.